The highest BCUT2D eigenvalue weighted by Crippen LogP contribution is 2.17. The smallest absolute Gasteiger partial charge is 0.220 e. The van der Waals surface area contributed by atoms with Gasteiger partial charge in [0.25, 0.3) is 0 Å². The molecule has 0 spiro atoms. The molecule has 1 atom stereocenters. The van der Waals surface area contributed by atoms with Gasteiger partial charge in [-0.15, -0.1) is 0 Å². The minimum Gasteiger partial charge on any atom is -0.392 e. The van der Waals surface area contributed by atoms with Crippen molar-refractivity contribution in [3.8, 4) is 0 Å². The molecule has 1 saturated heterocycles. The minimum absolute atomic E-state index is 0.0643. The lowest BCUT2D eigenvalue weighted by molar-refractivity contribution is -0.121. The molecule has 1 aliphatic heterocycles. The van der Waals surface area contributed by atoms with E-state index in [-0.39, 0.29) is 5.91 Å². The van der Waals surface area contributed by atoms with Crippen molar-refractivity contribution in [2.45, 2.75) is 38.7 Å². The maximum Gasteiger partial charge on any atom is 0.220 e. The number of carbonyl (C=O) groups is 1. The predicted octanol–water partition coefficient (Wildman–Crippen LogP) is 0.263. The molecule has 0 bridgehead atoms. The molecule has 0 unspecified atom stereocenters. The van der Waals surface area contributed by atoms with Crippen molar-refractivity contribution in [2.75, 3.05) is 19.6 Å². The van der Waals surface area contributed by atoms with Gasteiger partial charge in [0, 0.05) is 13.0 Å². The number of hydrogen-bond acceptors (Lipinski definition) is 3. The Morgan fingerprint density at radius 2 is 2.20 bits per heavy atom. The van der Waals surface area contributed by atoms with Gasteiger partial charge in [-0.3, -0.25) is 4.79 Å². The molecule has 15 heavy (non-hydrogen) atoms. The Hall–Kier alpha value is -0.610. The molecule has 1 fully saturated rings. The Morgan fingerprint density at radius 1 is 1.53 bits per heavy atom. The van der Waals surface area contributed by atoms with E-state index >= 15 is 0 Å². The van der Waals surface area contributed by atoms with Crippen molar-refractivity contribution in [2.24, 2.45) is 5.92 Å². The van der Waals surface area contributed by atoms with Crippen LogP contribution in [0.15, 0.2) is 0 Å². The summed E-state index contributed by atoms with van der Waals surface area (Å²) in [6, 6.07) is 0. The average Bonchev–Trinajstić information content (AvgIpc) is 2.25. The molecule has 0 saturated carbocycles. The largest absolute Gasteiger partial charge is 0.392 e. The Balaban J connectivity index is 2.05. The molecule has 1 aliphatic rings. The number of rotatable bonds is 5. The minimum atomic E-state index is -0.451. The summed E-state index contributed by atoms with van der Waals surface area (Å²) in [5, 5.41) is 15.0. The molecule has 0 aliphatic carbocycles. The molecule has 0 radical (unpaired) electrons. The Bertz CT molecular complexity index is 189. The summed E-state index contributed by atoms with van der Waals surface area (Å²) >= 11 is 0. The summed E-state index contributed by atoms with van der Waals surface area (Å²) < 4.78 is 0. The average molecular weight is 214 g/mol. The van der Waals surface area contributed by atoms with Gasteiger partial charge in [0.05, 0.1) is 6.10 Å². The second-order valence-electron chi connectivity index (χ2n) is 4.39. The molecular formula is C11H22N2O2. The van der Waals surface area contributed by atoms with E-state index in [0.717, 1.165) is 19.5 Å². The highest BCUT2D eigenvalue weighted by molar-refractivity contribution is 5.75. The van der Waals surface area contributed by atoms with Crippen LogP contribution >= 0.6 is 0 Å². The van der Waals surface area contributed by atoms with Crippen LogP contribution in [-0.2, 0) is 4.79 Å². The van der Waals surface area contributed by atoms with Crippen molar-refractivity contribution in [3.05, 3.63) is 0 Å². The van der Waals surface area contributed by atoms with Gasteiger partial charge in [-0.25, -0.2) is 0 Å². The van der Waals surface area contributed by atoms with E-state index in [9.17, 15) is 4.79 Å². The van der Waals surface area contributed by atoms with Crippen LogP contribution in [0.25, 0.3) is 0 Å². The van der Waals surface area contributed by atoms with Gasteiger partial charge in [0.15, 0.2) is 0 Å². The van der Waals surface area contributed by atoms with Gasteiger partial charge in [0.2, 0.25) is 5.91 Å². The quantitative estimate of drug-likeness (QED) is 0.615. The van der Waals surface area contributed by atoms with E-state index in [4.69, 9.17) is 5.11 Å². The van der Waals surface area contributed by atoms with E-state index in [1.54, 1.807) is 6.92 Å². The molecule has 88 valence electrons. The lowest BCUT2D eigenvalue weighted by atomic mass is 9.93. The highest BCUT2D eigenvalue weighted by atomic mass is 16.3. The number of aliphatic hydroxyl groups excluding tert-OH is 1. The van der Waals surface area contributed by atoms with Crippen LogP contribution in [0.3, 0.4) is 0 Å². The second-order valence-corrected chi connectivity index (χ2v) is 4.39. The number of amides is 1. The van der Waals surface area contributed by atoms with Crippen LogP contribution in [0.2, 0.25) is 0 Å². The molecule has 4 nitrogen and oxygen atoms in total. The molecule has 3 N–H and O–H groups in total. The van der Waals surface area contributed by atoms with E-state index in [0.29, 0.717) is 18.9 Å². The molecule has 1 rings (SSSR count). The molecule has 1 heterocycles. The Labute approximate surface area is 91.4 Å². The van der Waals surface area contributed by atoms with Crippen LogP contribution in [0.1, 0.15) is 32.6 Å². The maximum absolute atomic E-state index is 11.4. The zero-order valence-electron chi connectivity index (χ0n) is 9.46. The Morgan fingerprint density at radius 3 is 2.80 bits per heavy atom. The number of piperidine rings is 1. The number of nitrogens with one attached hydrogen (secondary N) is 2. The van der Waals surface area contributed by atoms with Crippen molar-refractivity contribution < 1.29 is 9.90 Å². The third-order valence-electron chi connectivity index (χ3n) is 2.83. The first-order valence-electron chi connectivity index (χ1n) is 5.84. The number of carbonyl (C=O) groups excluding carboxylic acids is 1. The zero-order chi connectivity index (χ0) is 11.1. The van der Waals surface area contributed by atoms with Crippen LogP contribution in [0, 0.1) is 5.92 Å². The van der Waals surface area contributed by atoms with Crippen molar-refractivity contribution in [1.29, 1.82) is 0 Å². The molecule has 0 aromatic carbocycles. The summed E-state index contributed by atoms with van der Waals surface area (Å²) in [6.07, 6.45) is 3.49. The van der Waals surface area contributed by atoms with E-state index in [1.165, 1.54) is 12.8 Å². The van der Waals surface area contributed by atoms with Gasteiger partial charge in [-0.05, 0) is 45.2 Å². The fourth-order valence-electron chi connectivity index (χ4n) is 1.86. The van der Waals surface area contributed by atoms with Crippen LogP contribution in [0.5, 0.6) is 0 Å². The monoisotopic (exact) mass is 214 g/mol. The molecule has 1 amide bonds. The van der Waals surface area contributed by atoms with Crippen molar-refractivity contribution in [1.82, 2.24) is 10.6 Å². The van der Waals surface area contributed by atoms with Gasteiger partial charge in [-0.2, -0.15) is 0 Å². The molecule has 0 aromatic rings. The summed E-state index contributed by atoms with van der Waals surface area (Å²) in [6.45, 7) is 4.21. The van der Waals surface area contributed by atoms with E-state index < -0.39 is 6.10 Å². The van der Waals surface area contributed by atoms with E-state index in [1.807, 2.05) is 0 Å². The summed E-state index contributed by atoms with van der Waals surface area (Å²) in [5.41, 5.74) is 0. The molecule has 4 heteroatoms. The predicted molar refractivity (Wildman–Crippen MR) is 59.5 cm³/mol. The standard InChI is InChI=1S/C11H22N2O2/c1-9(14)8-13-11(15)3-2-10-4-6-12-7-5-10/h9-10,12,14H,2-8H2,1H3,(H,13,15)/t9-/m0/s1. The van der Waals surface area contributed by atoms with Gasteiger partial charge in [0.1, 0.15) is 0 Å². The SMILES string of the molecule is C[C@H](O)CNC(=O)CCC1CCNCC1. The molecular weight excluding hydrogens is 192 g/mol. The summed E-state index contributed by atoms with van der Waals surface area (Å²) in [5.74, 6) is 0.762. The normalized spacial score (nSPS) is 19.9. The molecule has 0 aromatic heterocycles. The van der Waals surface area contributed by atoms with Crippen molar-refractivity contribution >= 4 is 5.91 Å². The zero-order valence-corrected chi connectivity index (χ0v) is 9.46. The number of aliphatic hydroxyl groups is 1. The number of hydrogen-bond donors (Lipinski definition) is 3. The first-order chi connectivity index (χ1) is 7.18. The first-order valence-corrected chi connectivity index (χ1v) is 5.84. The second kappa shape index (κ2) is 6.80. The van der Waals surface area contributed by atoms with Crippen LogP contribution < -0.4 is 10.6 Å². The summed E-state index contributed by atoms with van der Waals surface area (Å²) in [4.78, 5) is 11.4. The fourth-order valence-corrected chi connectivity index (χ4v) is 1.86. The lowest BCUT2D eigenvalue weighted by Gasteiger charge is -2.22. The highest BCUT2D eigenvalue weighted by Gasteiger charge is 2.14. The summed E-state index contributed by atoms with van der Waals surface area (Å²) in [7, 11) is 0. The third kappa shape index (κ3) is 5.74. The van der Waals surface area contributed by atoms with Crippen molar-refractivity contribution in [3.63, 3.8) is 0 Å². The fraction of sp³-hybridized carbons (Fsp3) is 0.909. The van der Waals surface area contributed by atoms with Crippen LogP contribution in [0.4, 0.5) is 0 Å². The van der Waals surface area contributed by atoms with Gasteiger partial charge < -0.3 is 15.7 Å². The topological polar surface area (TPSA) is 61.4 Å². The first kappa shape index (κ1) is 12.5. The van der Waals surface area contributed by atoms with Gasteiger partial charge in [-0.1, -0.05) is 0 Å². The van der Waals surface area contributed by atoms with Crippen LogP contribution in [-0.4, -0.2) is 36.8 Å². The maximum atomic E-state index is 11.4. The van der Waals surface area contributed by atoms with E-state index in [2.05, 4.69) is 10.6 Å². The third-order valence-corrected chi connectivity index (χ3v) is 2.83. The van der Waals surface area contributed by atoms with Gasteiger partial charge >= 0.3 is 0 Å². The lowest BCUT2D eigenvalue weighted by Crippen LogP contribution is -2.32. The Kier molecular flexibility index (Phi) is 5.65.